The predicted molar refractivity (Wildman–Crippen MR) is 114 cm³/mol. The summed E-state index contributed by atoms with van der Waals surface area (Å²) in [4.78, 5) is 33.6. The average molecular weight is 435 g/mol. The highest BCUT2D eigenvalue weighted by Gasteiger charge is 2.36. The van der Waals surface area contributed by atoms with Crippen LogP contribution < -0.4 is 5.32 Å². The van der Waals surface area contributed by atoms with E-state index in [9.17, 15) is 19.2 Å². The molecular weight excluding hydrogens is 419 g/mol. The molecule has 2 unspecified atom stereocenters. The normalized spacial score (nSPS) is 14.7. The first-order chi connectivity index (χ1) is 13.3. The van der Waals surface area contributed by atoms with Gasteiger partial charge in [0.25, 0.3) is 0 Å². The Labute approximate surface area is 170 Å². The second-order valence-corrected chi connectivity index (χ2v) is 9.96. The molecule has 2 N–H and O–H groups in total. The van der Waals surface area contributed by atoms with Crippen LogP contribution in [0.5, 0.6) is 0 Å². The van der Waals surface area contributed by atoms with Gasteiger partial charge in [0, 0.05) is 22.6 Å². The fourth-order valence-corrected chi connectivity index (χ4v) is 5.31. The molecule has 144 valence electrons. The van der Waals surface area contributed by atoms with E-state index in [0.717, 1.165) is 11.4 Å². The van der Waals surface area contributed by atoms with E-state index >= 15 is 0 Å². The highest BCUT2D eigenvalue weighted by Crippen LogP contribution is 2.54. The SMILES string of the molecule is CP(=O)(O)C(C(=O)N/C=C/c1cccc(N=O)c1)c1csc2ccc(Cl)cc12. The number of fused-ring (bicyclic) bond motifs is 1. The van der Waals surface area contributed by atoms with Crippen LogP contribution in [0.1, 0.15) is 16.8 Å². The Morgan fingerprint density at radius 3 is 2.82 bits per heavy atom. The van der Waals surface area contributed by atoms with Gasteiger partial charge in [-0.2, -0.15) is 0 Å². The van der Waals surface area contributed by atoms with E-state index < -0.39 is 18.9 Å². The van der Waals surface area contributed by atoms with Gasteiger partial charge in [0.05, 0.1) is 0 Å². The summed E-state index contributed by atoms with van der Waals surface area (Å²) >= 11 is 7.43. The van der Waals surface area contributed by atoms with Crippen LogP contribution in [0.3, 0.4) is 0 Å². The molecule has 0 saturated heterocycles. The van der Waals surface area contributed by atoms with Crippen molar-refractivity contribution in [3.05, 3.63) is 75.1 Å². The van der Waals surface area contributed by atoms with Crippen molar-refractivity contribution in [2.45, 2.75) is 5.66 Å². The minimum absolute atomic E-state index is 0.265. The van der Waals surface area contributed by atoms with E-state index in [4.69, 9.17) is 11.6 Å². The first-order valence-corrected chi connectivity index (χ1v) is 11.6. The van der Waals surface area contributed by atoms with Gasteiger partial charge in [-0.15, -0.1) is 16.2 Å². The Morgan fingerprint density at radius 1 is 1.32 bits per heavy atom. The lowest BCUT2D eigenvalue weighted by Gasteiger charge is -2.18. The van der Waals surface area contributed by atoms with Crippen LogP contribution in [0.25, 0.3) is 16.2 Å². The molecule has 0 radical (unpaired) electrons. The van der Waals surface area contributed by atoms with E-state index in [1.54, 1.807) is 47.9 Å². The monoisotopic (exact) mass is 434 g/mol. The Balaban J connectivity index is 1.88. The molecule has 1 heterocycles. The molecule has 0 bridgehead atoms. The number of hydrogen-bond acceptors (Lipinski definition) is 5. The van der Waals surface area contributed by atoms with Gasteiger partial charge >= 0.3 is 0 Å². The molecule has 3 aromatic rings. The van der Waals surface area contributed by atoms with Gasteiger partial charge in [0.2, 0.25) is 13.3 Å². The number of thiophene rings is 1. The molecule has 1 amide bonds. The van der Waals surface area contributed by atoms with Crippen LogP contribution in [-0.4, -0.2) is 17.5 Å². The van der Waals surface area contributed by atoms with Gasteiger partial charge in [-0.05, 0) is 63.5 Å². The molecule has 0 aliphatic rings. The number of hydrogen-bond donors (Lipinski definition) is 2. The van der Waals surface area contributed by atoms with E-state index in [2.05, 4.69) is 10.5 Å². The molecule has 0 saturated carbocycles. The fraction of sp³-hybridized carbons (Fsp3) is 0.105. The summed E-state index contributed by atoms with van der Waals surface area (Å²) < 4.78 is 13.4. The summed E-state index contributed by atoms with van der Waals surface area (Å²) in [5.41, 5.74) is 0.160. The second kappa shape index (κ2) is 8.37. The summed E-state index contributed by atoms with van der Waals surface area (Å²) in [6.45, 7) is 1.16. The van der Waals surface area contributed by atoms with Gasteiger partial charge in [-0.25, -0.2) is 0 Å². The summed E-state index contributed by atoms with van der Waals surface area (Å²) in [6, 6.07) is 11.7. The van der Waals surface area contributed by atoms with Crippen LogP contribution >= 0.6 is 30.3 Å². The topological polar surface area (TPSA) is 95.8 Å². The summed E-state index contributed by atoms with van der Waals surface area (Å²) in [5, 5.41) is 8.28. The minimum atomic E-state index is -3.80. The molecule has 1 aromatic heterocycles. The number of nitrogens with zero attached hydrogens (tertiary/aromatic N) is 1. The molecule has 0 fully saturated rings. The van der Waals surface area contributed by atoms with Crippen molar-refractivity contribution in [1.29, 1.82) is 0 Å². The molecule has 6 nitrogen and oxygen atoms in total. The van der Waals surface area contributed by atoms with Crippen molar-refractivity contribution in [2.24, 2.45) is 5.18 Å². The Morgan fingerprint density at radius 2 is 2.11 bits per heavy atom. The first-order valence-electron chi connectivity index (χ1n) is 8.16. The lowest BCUT2D eigenvalue weighted by molar-refractivity contribution is -0.120. The number of nitrogens with one attached hydrogen (secondary N) is 1. The quantitative estimate of drug-likeness (QED) is 0.385. The number of benzene rings is 2. The van der Waals surface area contributed by atoms with Crippen molar-refractivity contribution in [3.63, 3.8) is 0 Å². The number of carbonyl (C=O) groups excluding carboxylic acids is 1. The van der Waals surface area contributed by atoms with Crippen LogP contribution in [0.15, 0.2) is 59.2 Å². The molecule has 3 rings (SSSR count). The van der Waals surface area contributed by atoms with Crippen molar-refractivity contribution >= 4 is 58.1 Å². The van der Waals surface area contributed by atoms with Crippen LogP contribution in [0.4, 0.5) is 5.69 Å². The van der Waals surface area contributed by atoms with Gasteiger partial charge in [0.1, 0.15) is 11.3 Å². The molecule has 0 aliphatic carbocycles. The van der Waals surface area contributed by atoms with Crippen LogP contribution in [-0.2, 0) is 9.36 Å². The highest BCUT2D eigenvalue weighted by atomic mass is 35.5. The standard InChI is InChI=1S/C19H16ClN2O4PS/c1-27(25,26)18(16-11-28-17-6-5-13(20)10-15(16)17)19(23)21-8-7-12-3-2-4-14(9-12)22-24/h2-11,18H,1H3,(H,21,23)(H,25,26)/b8-7+. The highest BCUT2D eigenvalue weighted by molar-refractivity contribution is 7.58. The van der Waals surface area contributed by atoms with E-state index in [1.165, 1.54) is 17.5 Å². The van der Waals surface area contributed by atoms with E-state index in [1.807, 2.05) is 6.07 Å². The fourth-order valence-electron chi connectivity index (χ4n) is 2.83. The molecule has 0 aliphatic heterocycles. The minimum Gasteiger partial charge on any atom is -0.344 e. The largest absolute Gasteiger partial charge is 0.344 e. The maximum atomic E-state index is 12.7. The van der Waals surface area contributed by atoms with Crippen LogP contribution in [0, 0.1) is 4.91 Å². The first kappa shape index (κ1) is 20.4. The van der Waals surface area contributed by atoms with Crippen molar-refractivity contribution in [2.75, 3.05) is 6.66 Å². The van der Waals surface area contributed by atoms with Gasteiger partial charge in [-0.1, -0.05) is 23.7 Å². The Kier molecular flexibility index (Phi) is 6.10. The molecule has 9 heteroatoms. The number of halogens is 1. The van der Waals surface area contributed by atoms with E-state index in [0.29, 0.717) is 21.5 Å². The zero-order valence-corrected chi connectivity index (χ0v) is 17.2. The van der Waals surface area contributed by atoms with Gasteiger partial charge < -0.3 is 10.2 Å². The van der Waals surface area contributed by atoms with Crippen LogP contribution in [0.2, 0.25) is 5.02 Å². The second-order valence-electron chi connectivity index (χ2n) is 6.21. The number of nitroso groups, excluding NO2 is 1. The third kappa shape index (κ3) is 4.56. The molecule has 2 atom stereocenters. The summed E-state index contributed by atoms with van der Waals surface area (Å²) in [6.07, 6.45) is 2.95. The third-order valence-electron chi connectivity index (χ3n) is 4.06. The van der Waals surface area contributed by atoms with Crippen molar-refractivity contribution < 1.29 is 14.3 Å². The number of carbonyl (C=O) groups is 1. The number of rotatable bonds is 6. The zero-order valence-electron chi connectivity index (χ0n) is 14.7. The van der Waals surface area contributed by atoms with Crippen molar-refractivity contribution in [3.8, 4) is 0 Å². The predicted octanol–water partition coefficient (Wildman–Crippen LogP) is 5.68. The van der Waals surface area contributed by atoms with E-state index in [-0.39, 0.29) is 5.69 Å². The summed E-state index contributed by atoms with van der Waals surface area (Å²) in [5.74, 6) is -0.603. The maximum Gasteiger partial charge on any atom is 0.241 e. The lowest BCUT2D eigenvalue weighted by Crippen LogP contribution is -2.25. The van der Waals surface area contributed by atoms with Gasteiger partial charge in [0.15, 0.2) is 0 Å². The Hall–Kier alpha value is -2.31. The van der Waals surface area contributed by atoms with Gasteiger partial charge in [-0.3, -0.25) is 9.36 Å². The number of amides is 1. The lowest BCUT2D eigenvalue weighted by atomic mass is 10.1. The summed E-state index contributed by atoms with van der Waals surface area (Å²) in [7, 11) is -3.80. The molecule has 28 heavy (non-hydrogen) atoms. The maximum absolute atomic E-state index is 12.7. The molecular formula is C19H16ClN2O4PS. The third-order valence-corrected chi connectivity index (χ3v) is 6.75. The average Bonchev–Trinajstić information content (AvgIpc) is 3.03. The molecule has 2 aromatic carbocycles. The molecule has 0 spiro atoms. The Bertz CT molecular complexity index is 1120. The zero-order chi connectivity index (χ0) is 20.3. The smallest absolute Gasteiger partial charge is 0.241 e. The van der Waals surface area contributed by atoms with Crippen molar-refractivity contribution in [1.82, 2.24) is 5.32 Å².